The third-order valence-electron chi connectivity index (χ3n) is 3.88. The number of anilines is 1. The molecule has 5 heteroatoms. The second-order valence-electron chi connectivity index (χ2n) is 5.00. The van der Waals surface area contributed by atoms with Crippen molar-refractivity contribution in [2.24, 2.45) is 0 Å². The fraction of sp³-hybridized carbons (Fsp3) is 0.500. The Morgan fingerprint density at radius 1 is 1.42 bits per heavy atom. The van der Waals surface area contributed by atoms with Crippen molar-refractivity contribution in [3.8, 4) is 11.5 Å². The summed E-state index contributed by atoms with van der Waals surface area (Å²) in [6.07, 6.45) is 3.12. The van der Waals surface area contributed by atoms with E-state index < -0.39 is 0 Å². The number of nitrogens with zero attached hydrogens (tertiary/aromatic N) is 1. The Morgan fingerprint density at radius 3 is 2.89 bits per heavy atom. The summed E-state index contributed by atoms with van der Waals surface area (Å²) in [5.41, 5.74) is 6.94. The molecule has 3 rings (SSSR count). The molecule has 5 nitrogen and oxygen atoms in total. The first-order chi connectivity index (χ1) is 9.20. The van der Waals surface area contributed by atoms with Gasteiger partial charge in [-0.25, -0.2) is 0 Å². The molecular weight excluding hydrogens is 244 g/mol. The number of carbonyl (C=O) groups excluding carboxylic acids is 1. The van der Waals surface area contributed by atoms with Crippen LogP contribution < -0.4 is 15.2 Å². The van der Waals surface area contributed by atoms with Gasteiger partial charge in [-0.1, -0.05) is 6.92 Å². The van der Waals surface area contributed by atoms with E-state index in [1.165, 1.54) is 0 Å². The topological polar surface area (TPSA) is 64.8 Å². The summed E-state index contributed by atoms with van der Waals surface area (Å²) in [4.78, 5) is 14.5. The summed E-state index contributed by atoms with van der Waals surface area (Å²) in [5, 5.41) is 0. The van der Waals surface area contributed by atoms with Crippen LogP contribution in [0.1, 0.15) is 36.5 Å². The van der Waals surface area contributed by atoms with Crippen molar-refractivity contribution in [2.45, 2.75) is 32.2 Å². The number of nitrogens with two attached hydrogens (primary N) is 1. The molecular formula is C14H18N2O3. The highest BCUT2D eigenvalue weighted by atomic mass is 16.7. The lowest BCUT2D eigenvalue weighted by atomic mass is 10.1. The Kier molecular flexibility index (Phi) is 2.97. The Balaban J connectivity index is 1.91. The summed E-state index contributed by atoms with van der Waals surface area (Å²) < 4.78 is 10.6. The first-order valence-electron chi connectivity index (χ1n) is 6.70. The van der Waals surface area contributed by atoms with Gasteiger partial charge < -0.3 is 20.1 Å². The van der Waals surface area contributed by atoms with Crippen molar-refractivity contribution >= 4 is 11.6 Å². The minimum atomic E-state index is 0.000139. The van der Waals surface area contributed by atoms with Crippen LogP contribution in [0.5, 0.6) is 11.5 Å². The maximum absolute atomic E-state index is 12.6. The second kappa shape index (κ2) is 4.64. The van der Waals surface area contributed by atoms with Gasteiger partial charge in [0, 0.05) is 24.3 Å². The lowest BCUT2D eigenvalue weighted by Gasteiger charge is -2.24. The highest BCUT2D eigenvalue weighted by Crippen LogP contribution is 2.37. The van der Waals surface area contributed by atoms with Gasteiger partial charge in [-0.3, -0.25) is 4.79 Å². The van der Waals surface area contributed by atoms with Crippen molar-refractivity contribution < 1.29 is 14.3 Å². The van der Waals surface area contributed by atoms with Crippen LogP contribution in [0.25, 0.3) is 0 Å². The van der Waals surface area contributed by atoms with E-state index in [2.05, 4.69) is 6.92 Å². The van der Waals surface area contributed by atoms with Crippen LogP contribution in [0.3, 0.4) is 0 Å². The van der Waals surface area contributed by atoms with Crippen molar-refractivity contribution in [1.82, 2.24) is 4.90 Å². The number of fused-ring (bicyclic) bond motifs is 1. The molecule has 0 saturated carbocycles. The van der Waals surface area contributed by atoms with E-state index in [1.807, 2.05) is 4.90 Å². The van der Waals surface area contributed by atoms with Crippen molar-refractivity contribution in [3.05, 3.63) is 17.7 Å². The number of likely N-dealkylation sites (tertiary alicyclic amines) is 1. The molecule has 0 spiro atoms. The molecule has 1 aromatic rings. The first kappa shape index (κ1) is 12.1. The highest BCUT2D eigenvalue weighted by Gasteiger charge is 2.30. The maximum Gasteiger partial charge on any atom is 0.256 e. The van der Waals surface area contributed by atoms with E-state index in [4.69, 9.17) is 15.2 Å². The molecule has 1 fully saturated rings. The zero-order valence-electron chi connectivity index (χ0n) is 11.0. The van der Waals surface area contributed by atoms with Gasteiger partial charge in [0.2, 0.25) is 6.79 Å². The summed E-state index contributed by atoms with van der Waals surface area (Å²) in [6.45, 7) is 3.11. The molecule has 1 aromatic carbocycles. The largest absolute Gasteiger partial charge is 0.454 e. The van der Waals surface area contributed by atoms with Crippen LogP contribution in [0, 0.1) is 0 Å². The zero-order chi connectivity index (χ0) is 13.4. The van der Waals surface area contributed by atoms with Crippen LogP contribution in [-0.2, 0) is 0 Å². The standard InChI is InChI=1S/C14H18N2O3/c1-2-9-4-3-5-16(9)14(17)10-6-12-13(7-11(10)15)19-8-18-12/h6-7,9H,2-5,8,15H2,1H3. The number of rotatable bonds is 2. The van der Waals surface area contributed by atoms with Gasteiger partial charge in [-0.15, -0.1) is 0 Å². The van der Waals surface area contributed by atoms with Crippen LogP contribution in [0.15, 0.2) is 12.1 Å². The number of hydrogen-bond donors (Lipinski definition) is 1. The van der Waals surface area contributed by atoms with Crippen molar-refractivity contribution in [3.63, 3.8) is 0 Å². The predicted molar refractivity (Wildman–Crippen MR) is 71.3 cm³/mol. The molecule has 2 aliphatic rings. The molecule has 102 valence electrons. The van der Waals surface area contributed by atoms with Crippen LogP contribution >= 0.6 is 0 Å². The quantitative estimate of drug-likeness (QED) is 0.828. The SMILES string of the molecule is CCC1CCCN1C(=O)c1cc2c(cc1N)OCO2. The van der Waals surface area contributed by atoms with E-state index in [9.17, 15) is 4.79 Å². The molecule has 1 unspecified atom stereocenters. The van der Waals surface area contributed by atoms with Gasteiger partial charge in [0.15, 0.2) is 11.5 Å². The number of ether oxygens (including phenoxy) is 2. The van der Waals surface area contributed by atoms with Gasteiger partial charge in [0.1, 0.15) is 0 Å². The number of hydrogen-bond acceptors (Lipinski definition) is 4. The summed E-state index contributed by atoms with van der Waals surface area (Å²) in [6, 6.07) is 3.70. The molecule has 0 bridgehead atoms. The van der Waals surface area contributed by atoms with E-state index >= 15 is 0 Å². The van der Waals surface area contributed by atoms with E-state index in [-0.39, 0.29) is 12.7 Å². The Hall–Kier alpha value is -1.91. The normalized spacial score (nSPS) is 20.9. The molecule has 19 heavy (non-hydrogen) atoms. The van der Waals surface area contributed by atoms with Gasteiger partial charge in [0.05, 0.1) is 5.56 Å². The fourth-order valence-electron chi connectivity index (χ4n) is 2.83. The van der Waals surface area contributed by atoms with Crippen LogP contribution in [0.4, 0.5) is 5.69 Å². The van der Waals surface area contributed by atoms with Crippen LogP contribution in [0.2, 0.25) is 0 Å². The first-order valence-corrected chi connectivity index (χ1v) is 6.70. The van der Waals surface area contributed by atoms with Gasteiger partial charge in [0.25, 0.3) is 5.91 Å². The molecule has 2 N–H and O–H groups in total. The monoisotopic (exact) mass is 262 g/mol. The minimum Gasteiger partial charge on any atom is -0.454 e. The molecule has 1 saturated heterocycles. The number of nitrogen functional groups attached to an aromatic ring is 1. The van der Waals surface area contributed by atoms with E-state index in [0.717, 1.165) is 25.8 Å². The molecule has 0 aliphatic carbocycles. The number of amides is 1. The Labute approximate surface area is 112 Å². The third kappa shape index (κ3) is 1.99. The Bertz CT molecular complexity index is 516. The van der Waals surface area contributed by atoms with Gasteiger partial charge in [-0.2, -0.15) is 0 Å². The highest BCUT2D eigenvalue weighted by molar-refractivity contribution is 6.00. The lowest BCUT2D eigenvalue weighted by molar-refractivity contribution is 0.0734. The number of benzene rings is 1. The average molecular weight is 262 g/mol. The van der Waals surface area contributed by atoms with Gasteiger partial charge >= 0.3 is 0 Å². The smallest absolute Gasteiger partial charge is 0.256 e. The lowest BCUT2D eigenvalue weighted by Crippen LogP contribution is -2.35. The van der Waals surface area contributed by atoms with Crippen LogP contribution in [-0.4, -0.2) is 30.2 Å². The summed E-state index contributed by atoms with van der Waals surface area (Å²) in [7, 11) is 0. The summed E-state index contributed by atoms with van der Waals surface area (Å²) in [5.74, 6) is 1.22. The summed E-state index contributed by atoms with van der Waals surface area (Å²) >= 11 is 0. The van der Waals surface area contributed by atoms with E-state index in [1.54, 1.807) is 12.1 Å². The second-order valence-corrected chi connectivity index (χ2v) is 5.00. The molecule has 2 heterocycles. The average Bonchev–Trinajstić information content (AvgIpc) is 3.04. The zero-order valence-corrected chi connectivity index (χ0v) is 11.0. The molecule has 1 atom stereocenters. The maximum atomic E-state index is 12.6. The molecule has 1 amide bonds. The van der Waals surface area contributed by atoms with Crippen molar-refractivity contribution in [2.75, 3.05) is 19.1 Å². The Morgan fingerprint density at radius 2 is 2.16 bits per heavy atom. The molecule has 2 aliphatic heterocycles. The van der Waals surface area contributed by atoms with Crippen molar-refractivity contribution in [1.29, 1.82) is 0 Å². The minimum absolute atomic E-state index is 0.000139. The van der Waals surface area contributed by atoms with E-state index in [0.29, 0.717) is 28.8 Å². The molecule has 0 aromatic heterocycles. The number of carbonyl (C=O) groups is 1. The third-order valence-corrected chi connectivity index (χ3v) is 3.88. The molecule has 0 radical (unpaired) electrons. The van der Waals surface area contributed by atoms with Gasteiger partial charge in [-0.05, 0) is 25.3 Å². The predicted octanol–water partition coefficient (Wildman–Crippen LogP) is 2.01. The fourth-order valence-corrected chi connectivity index (χ4v) is 2.83.